The number of rotatable bonds is 5. The Morgan fingerprint density at radius 3 is 2.33 bits per heavy atom. The highest BCUT2D eigenvalue weighted by Gasteiger charge is 2.27. The maximum Gasteiger partial charge on any atom is 0.389 e. The molecule has 24 heavy (non-hydrogen) atoms. The summed E-state index contributed by atoms with van der Waals surface area (Å²) in [6, 6.07) is 9.55. The standard InChI is InChI=1S/C17H14F5NO/c18-13-6-3-5-12(16(13)19)10-15(24)23-14-7-2-1-4-11(14)8-9-17(20,21)22/h1-7H,8-10H2,(H,23,24). The number of para-hydroxylation sites is 1. The normalized spacial score (nSPS) is 11.4. The molecule has 0 unspecified atom stereocenters. The van der Waals surface area contributed by atoms with Crippen molar-refractivity contribution in [2.75, 3.05) is 5.32 Å². The Hall–Kier alpha value is -2.44. The smallest absolute Gasteiger partial charge is 0.326 e. The summed E-state index contributed by atoms with van der Waals surface area (Å²) in [4.78, 5) is 12.0. The number of anilines is 1. The van der Waals surface area contributed by atoms with Crippen LogP contribution in [0.4, 0.5) is 27.6 Å². The number of carbonyl (C=O) groups excluding carboxylic acids is 1. The Labute approximate surface area is 135 Å². The second kappa shape index (κ2) is 7.42. The lowest BCUT2D eigenvalue weighted by atomic mass is 10.1. The van der Waals surface area contributed by atoms with E-state index < -0.39 is 36.6 Å². The molecule has 0 saturated carbocycles. The van der Waals surface area contributed by atoms with Gasteiger partial charge in [0.15, 0.2) is 11.6 Å². The molecule has 0 fully saturated rings. The van der Waals surface area contributed by atoms with Crippen LogP contribution in [-0.2, 0) is 17.6 Å². The van der Waals surface area contributed by atoms with Gasteiger partial charge in [-0.25, -0.2) is 8.78 Å². The van der Waals surface area contributed by atoms with Crippen LogP contribution >= 0.6 is 0 Å². The largest absolute Gasteiger partial charge is 0.389 e. The van der Waals surface area contributed by atoms with E-state index in [0.717, 1.165) is 6.07 Å². The molecule has 0 aliphatic carbocycles. The first-order chi connectivity index (χ1) is 11.3. The molecule has 0 aliphatic rings. The minimum atomic E-state index is -4.30. The van der Waals surface area contributed by atoms with Gasteiger partial charge >= 0.3 is 6.18 Å². The molecule has 0 spiro atoms. The lowest BCUT2D eigenvalue weighted by Gasteiger charge is -2.12. The summed E-state index contributed by atoms with van der Waals surface area (Å²) in [5.74, 6) is -2.82. The number of hydrogen-bond acceptors (Lipinski definition) is 1. The SMILES string of the molecule is O=C(Cc1cccc(F)c1F)Nc1ccccc1CCC(F)(F)F. The van der Waals surface area contributed by atoms with Gasteiger partial charge < -0.3 is 5.32 Å². The Balaban J connectivity index is 2.08. The molecule has 0 atom stereocenters. The fourth-order valence-corrected chi connectivity index (χ4v) is 2.19. The van der Waals surface area contributed by atoms with E-state index in [1.54, 1.807) is 12.1 Å². The third-order valence-corrected chi connectivity index (χ3v) is 3.35. The van der Waals surface area contributed by atoms with Gasteiger partial charge in [-0.15, -0.1) is 0 Å². The molecule has 0 saturated heterocycles. The average molecular weight is 343 g/mol. The molecule has 128 valence electrons. The van der Waals surface area contributed by atoms with Crippen molar-refractivity contribution in [1.82, 2.24) is 0 Å². The van der Waals surface area contributed by atoms with E-state index in [-0.39, 0.29) is 17.7 Å². The summed E-state index contributed by atoms with van der Waals surface area (Å²) in [6.07, 6.45) is -6.02. The fraction of sp³-hybridized carbons (Fsp3) is 0.235. The quantitative estimate of drug-likeness (QED) is 0.787. The molecule has 2 nitrogen and oxygen atoms in total. The molecule has 0 heterocycles. The number of alkyl halides is 3. The van der Waals surface area contributed by atoms with Gasteiger partial charge in [0, 0.05) is 17.7 Å². The van der Waals surface area contributed by atoms with Crippen LogP contribution in [0.25, 0.3) is 0 Å². The van der Waals surface area contributed by atoms with Crippen molar-refractivity contribution in [3.8, 4) is 0 Å². The van der Waals surface area contributed by atoms with Gasteiger partial charge in [-0.2, -0.15) is 13.2 Å². The van der Waals surface area contributed by atoms with Crippen molar-refractivity contribution in [3.05, 3.63) is 65.2 Å². The number of aryl methyl sites for hydroxylation is 1. The monoisotopic (exact) mass is 343 g/mol. The van der Waals surface area contributed by atoms with Crippen molar-refractivity contribution in [3.63, 3.8) is 0 Å². The summed E-state index contributed by atoms with van der Waals surface area (Å²) in [7, 11) is 0. The van der Waals surface area contributed by atoms with Crippen molar-refractivity contribution in [2.45, 2.75) is 25.4 Å². The molecule has 1 amide bonds. The lowest BCUT2D eigenvalue weighted by molar-refractivity contribution is -0.133. The fourth-order valence-electron chi connectivity index (χ4n) is 2.19. The maximum absolute atomic E-state index is 13.6. The van der Waals surface area contributed by atoms with Crippen LogP contribution in [0, 0.1) is 11.6 Å². The highest BCUT2D eigenvalue weighted by Crippen LogP contribution is 2.25. The van der Waals surface area contributed by atoms with Crippen molar-refractivity contribution in [1.29, 1.82) is 0 Å². The second-order valence-corrected chi connectivity index (χ2v) is 5.21. The van der Waals surface area contributed by atoms with Crippen LogP contribution in [0.15, 0.2) is 42.5 Å². The zero-order chi connectivity index (χ0) is 17.7. The molecular formula is C17H14F5NO. The maximum atomic E-state index is 13.6. The third kappa shape index (κ3) is 5.04. The first-order valence-corrected chi connectivity index (χ1v) is 7.13. The van der Waals surface area contributed by atoms with Gasteiger partial charge in [0.05, 0.1) is 6.42 Å². The van der Waals surface area contributed by atoms with E-state index in [0.29, 0.717) is 5.56 Å². The van der Waals surface area contributed by atoms with E-state index >= 15 is 0 Å². The molecule has 0 aliphatic heterocycles. The van der Waals surface area contributed by atoms with E-state index in [2.05, 4.69) is 5.32 Å². The van der Waals surface area contributed by atoms with Gasteiger partial charge in [0.1, 0.15) is 0 Å². The van der Waals surface area contributed by atoms with Gasteiger partial charge in [0.2, 0.25) is 5.91 Å². The summed E-state index contributed by atoms with van der Waals surface area (Å²) in [5, 5.41) is 2.45. The molecule has 7 heteroatoms. The highest BCUT2D eigenvalue weighted by molar-refractivity contribution is 5.93. The molecule has 0 aromatic heterocycles. The van der Waals surface area contributed by atoms with Gasteiger partial charge in [-0.3, -0.25) is 4.79 Å². The van der Waals surface area contributed by atoms with Crippen LogP contribution in [0.1, 0.15) is 17.5 Å². The van der Waals surface area contributed by atoms with E-state index in [9.17, 15) is 26.7 Å². The molecule has 0 bridgehead atoms. The minimum absolute atomic E-state index is 0.125. The van der Waals surface area contributed by atoms with E-state index in [1.165, 1.54) is 24.3 Å². The summed E-state index contributed by atoms with van der Waals surface area (Å²) < 4.78 is 63.7. The van der Waals surface area contributed by atoms with Crippen molar-refractivity contribution < 1.29 is 26.7 Å². The second-order valence-electron chi connectivity index (χ2n) is 5.21. The van der Waals surface area contributed by atoms with Crippen LogP contribution < -0.4 is 5.32 Å². The molecule has 0 radical (unpaired) electrons. The number of carbonyl (C=O) groups is 1. The van der Waals surface area contributed by atoms with Crippen molar-refractivity contribution in [2.24, 2.45) is 0 Å². The Morgan fingerprint density at radius 2 is 1.62 bits per heavy atom. The Bertz CT molecular complexity index is 727. The molecule has 2 rings (SSSR count). The van der Waals surface area contributed by atoms with Crippen LogP contribution in [0.3, 0.4) is 0 Å². The average Bonchev–Trinajstić information content (AvgIpc) is 2.50. The zero-order valence-electron chi connectivity index (χ0n) is 12.5. The topological polar surface area (TPSA) is 29.1 Å². The molecule has 2 aromatic carbocycles. The predicted molar refractivity (Wildman–Crippen MR) is 79.5 cm³/mol. The van der Waals surface area contributed by atoms with Gasteiger partial charge in [0.25, 0.3) is 0 Å². The molecule has 2 aromatic rings. The van der Waals surface area contributed by atoms with E-state index in [1.807, 2.05) is 0 Å². The summed E-state index contributed by atoms with van der Waals surface area (Å²) in [6.45, 7) is 0. The first kappa shape index (κ1) is 17.9. The summed E-state index contributed by atoms with van der Waals surface area (Å²) in [5.41, 5.74) is 0.423. The number of hydrogen-bond donors (Lipinski definition) is 1. The van der Waals surface area contributed by atoms with Crippen molar-refractivity contribution >= 4 is 11.6 Å². The number of halogens is 5. The Morgan fingerprint density at radius 1 is 0.958 bits per heavy atom. The predicted octanol–water partition coefficient (Wildman–Crippen LogP) is 4.64. The van der Waals surface area contributed by atoms with Crippen LogP contribution in [-0.4, -0.2) is 12.1 Å². The number of nitrogens with one attached hydrogen (secondary N) is 1. The number of amides is 1. The summed E-state index contributed by atoms with van der Waals surface area (Å²) >= 11 is 0. The molecule has 1 N–H and O–H groups in total. The van der Waals surface area contributed by atoms with E-state index in [4.69, 9.17) is 0 Å². The van der Waals surface area contributed by atoms with Gasteiger partial charge in [-0.05, 0) is 24.1 Å². The lowest BCUT2D eigenvalue weighted by Crippen LogP contribution is -2.17. The Kier molecular flexibility index (Phi) is 5.54. The minimum Gasteiger partial charge on any atom is -0.326 e. The molecular weight excluding hydrogens is 329 g/mol. The van der Waals surface area contributed by atoms with Crippen LogP contribution in [0.5, 0.6) is 0 Å². The van der Waals surface area contributed by atoms with Crippen LogP contribution in [0.2, 0.25) is 0 Å². The zero-order valence-corrected chi connectivity index (χ0v) is 12.5. The third-order valence-electron chi connectivity index (χ3n) is 3.35. The number of benzene rings is 2. The van der Waals surface area contributed by atoms with Gasteiger partial charge in [-0.1, -0.05) is 30.3 Å². The highest BCUT2D eigenvalue weighted by atomic mass is 19.4. The first-order valence-electron chi connectivity index (χ1n) is 7.13.